The summed E-state index contributed by atoms with van der Waals surface area (Å²) in [7, 11) is 0. The van der Waals surface area contributed by atoms with Gasteiger partial charge in [0, 0.05) is 5.56 Å². The van der Waals surface area contributed by atoms with E-state index in [0.29, 0.717) is 41.5 Å². The van der Waals surface area contributed by atoms with Gasteiger partial charge in [-0.15, -0.1) is 0 Å². The number of benzene rings is 2. The zero-order valence-electron chi connectivity index (χ0n) is 22.9. The summed E-state index contributed by atoms with van der Waals surface area (Å²) in [5, 5.41) is 11.5. The van der Waals surface area contributed by atoms with Crippen LogP contribution in [0.25, 0.3) is 5.76 Å². The minimum atomic E-state index is -0.989. The van der Waals surface area contributed by atoms with E-state index in [-0.39, 0.29) is 27.9 Å². The minimum absolute atomic E-state index is 0.0839. The first-order valence-corrected chi connectivity index (χ1v) is 14.0. The number of ketones is 1. The number of hydrogen-bond donors (Lipinski definition) is 1. The molecule has 210 valence electrons. The van der Waals surface area contributed by atoms with Crippen molar-refractivity contribution in [3.63, 3.8) is 0 Å². The summed E-state index contributed by atoms with van der Waals surface area (Å²) in [5.41, 5.74) is 1.22. The summed E-state index contributed by atoms with van der Waals surface area (Å²) in [6.45, 7) is 8.52. The Morgan fingerprint density at radius 2 is 1.62 bits per heavy atom. The largest absolute Gasteiger partial charge is 0.507 e. The van der Waals surface area contributed by atoms with Crippen molar-refractivity contribution in [3.05, 3.63) is 75.8 Å². The molecule has 1 atom stereocenters. The molecule has 1 fully saturated rings. The Hall–Kier alpha value is -4.18. The number of nitrogens with zero attached hydrogens (tertiary/aromatic N) is 2. The van der Waals surface area contributed by atoms with Crippen molar-refractivity contribution in [2.75, 3.05) is 24.7 Å². The van der Waals surface area contributed by atoms with Gasteiger partial charge in [-0.2, -0.15) is 0 Å². The van der Waals surface area contributed by atoms with Gasteiger partial charge in [-0.1, -0.05) is 36.8 Å². The van der Waals surface area contributed by atoms with Gasteiger partial charge in [-0.05, 0) is 69.2 Å². The van der Waals surface area contributed by atoms with Gasteiger partial charge >= 0.3 is 11.9 Å². The van der Waals surface area contributed by atoms with Gasteiger partial charge in [0.05, 0.1) is 37.1 Å². The highest BCUT2D eigenvalue weighted by Crippen LogP contribution is 2.44. The summed E-state index contributed by atoms with van der Waals surface area (Å²) >= 11 is 0.963. The molecule has 2 aromatic carbocycles. The molecular weight excluding hydrogens is 532 g/mol. The second-order valence-corrected chi connectivity index (χ2v) is 10.0. The van der Waals surface area contributed by atoms with E-state index < -0.39 is 23.7 Å². The number of Topliss-reactive ketones (excluding diaryl/α,β-unsaturated/α-hetero) is 1. The number of amides is 1. The lowest BCUT2D eigenvalue weighted by molar-refractivity contribution is -0.132. The molecule has 10 heteroatoms. The van der Waals surface area contributed by atoms with Gasteiger partial charge in [0.15, 0.2) is 5.13 Å². The van der Waals surface area contributed by atoms with Crippen LogP contribution in [0.3, 0.4) is 0 Å². The van der Waals surface area contributed by atoms with E-state index in [9.17, 15) is 19.5 Å². The Morgan fingerprint density at radius 3 is 2.25 bits per heavy atom. The van der Waals surface area contributed by atoms with Crippen LogP contribution in [-0.4, -0.2) is 47.6 Å². The topological polar surface area (TPSA) is 115 Å². The maximum absolute atomic E-state index is 13.5. The number of rotatable bonds is 11. The maximum Gasteiger partial charge on any atom is 0.350 e. The zero-order chi connectivity index (χ0) is 28.8. The van der Waals surface area contributed by atoms with Crippen LogP contribution in [0.1, 0.15) is 66.1 Å². The van der Waals surface area contributed by atoms with E-state index in [1.165, 1.54) is 4.90 Å². The smallest absolute Gasteiger partial charge is 0.350 e. The molecule has 0 radical (unpaired) electrons. The van der Waals surface area contributed by atoms with Crippen molar-refractivity contribution in [3.8, 4) is 11.5 Å². The molecular formula is C30H32N2O7S. The number of anilines is 1. The molecule has 40 heavy (non-hydrogen) atoms. The van der Waals surface area contributed by atoms with Crippen molar-refractivity contribution >= 4 is 39.9 Å². The summed E-state index contributed by atoms with van der Waals surface area (Å²) in [5.74, 6) is -1.33. The van der Waals surface area contributed by atoms with Crippen molar-refractivity contribution in [1.29, 1.82) is 0 Å². The van der Waals surface area contributed by atoms with Gasteiger partial charge in [-0.3, -0.25) is 14.5 Å². The highest BCUT2D eigenvalue weighted by molar-refractivity contribution is 7.17. The number of esters is 1. The lowest BCUT2D eigenvalue weighted by atomic mass is 9.95. The number of carbonyl (C=O) groups excluding carboxylic acids is 3. The molecule has 2 heterocycles. The van der Waals surface area contributed by atoms with Crippen LogP contribution in [0.2, 0.25) is 0 Å². The molecule has 1 N–H and O–H groups in total. The lowest BCUT2D eigenvalue weighted by Gasteiger charge is -2.23. The molecule has 0 spiro atoms. The Labute approximate surface area is 237 Å². The number of carbonyl (C=O) groups is 3. The third-order valence-electron chi connectivity index (χ3n) is 6.30. The van der Waals surface area contributed by atoms with Crippen LogP contribution >= 0.6 is 11.3 Å². The van der Waals surface area contributed by atoms with Crippen molar-refractivity contribution in [1.82, 2.24) is 4.98 Å². The third-order valence-corrected chi connectivity index (χ3v) is 7.43. The van der Waals surface area contributed by atoms with Gasteiger partial charge in [0.25, 0.3) is 5.78 Å². The van der Waals surface area contributed by atoms with Crippen LogP contribution in [0.4, 0.5) is 5.13 Å². The van der Waals surface area contributed by atoms with Crippen LogP contribution in [-0.2, 0) is 14.3 Å². The van der Waals surface area contributed by atoms with Crippen molar-refractivity contribution < 1.29 is 33.7 Å². The number of aliphatic hydroxyl groups excluding tert-OH is 1. The number of unbranched alkanes of at least 4 members (excludes halogenated alkanes) is 1. The second kappa shape index (κ2) is 12.8. The van der Waals surface area contributed by atoms with E-state index >= 15 is 0 Å². The van der Waals surface area contributed by atoms with Crippen LogP contribution in [0, 0.1) is 6.92 Å². The number of ether oxygens (including phenoxy) is 3. The van der Waals surface area contributed by atoms with Crippen molar-refractivity contribution in [2.24, 2.45) is 0 Å². The van der Waals surface area contributed by atoms with E-state index in [2.05, 4.69) is 11.9 Å². The molecule has 1 amide bonds. The summed E-state index contributed by atoms with van der Waals surface area (Å²) < 4.78 is 16.4. The zero-order valence-corrected chi connectivity index (χ0v) is 23.7. The van der Waals surface area contributed by atoms with Crippen LogP contribution in [0.5, 0.6) is 11.5 Å². The minimum Gasteiger partial charge on any atom is -0.507 e. The molecule has 1 aliphatic rings. The van der Waals surface area contributed by atoms with Crippen molar-refractivity contribution in [2.45, 2.75) is 46.6 Å². The predicted octanol–water partition coefficient (Wildman–Crippen LogP) is 5.83. The standard InChI is InChI=1S/C30H32N2O7S/c1-5-8-17-39-22-15-11-20(12-16-22)25(33)23-24(19-9-13-21(14-10-19)37-6-2)32(28(35)26(23)34)30-31-18(4)27(40-30)29(36)38-7-3/h9-16,24,33H,5-8,17H2,1-4H3/t24-/m1/s1. The first-order chi connectivity index (χ1) is 19.3. The average molecular weight is 565 g/mol. The molecule has 9 nitrogen and oxygen atoms in total. The highest BCUT2D eigenvalue weighted by Gasteiger charge is 2.48. The molecule has 0 saturated carbocycles. The van der Waals surface area contributed by atoms with Crippen LogP contribution < -0.4 is 14.4 Å². The summed E-state index contributed by atoms with van der Waals surface area (Å²) in [4.78, 5) is 45.3. The number of aryl methyl sites for hydroxylation is 1. The van der Waals surface area contributed by atoms with Gasteiger partial charge in [0.1, 0.15) is 22.1 Å². The fourth-order valence-electron chi connectivity index (χ4n) is 4.33. The predicted molar refractivity (Wildman–Crippen MR) is 152 cm³/mol. The third kappa shape index (κ3) is 5.86. The number of thiazole rings is 1. The Balaban J connectivity index is 1.80. The number of aliphatic hydroxyl groups is 1. The van der Waals surface area contributed by atoms with Crippen LogP contribution in [0.15, 0.2) is 54.1 Å². The molecule has 0 unspecified atom stereocenters. The monoisotopic (exact) mass is 564 g/mol. The SMILES string of the molecule is CCCCOc1ccc(C(O)=C2C(=O)C(=O)N(c3nc(C)c(C(=O)OCC)s3)[C@@H]2c2ccc(OCC)cc2)cc1. The Morgan fingerprint density at radius 1 is 0.975 bits per heavy atom. The van der Waals surface area contributed by atoms with Gasteiger partial charge in [0.2, 0.25) is 0 Å². The molecule has 4 rings (SSSR count). The van der Waals surface area contributed by atoms with Gasteiger partial charge in [-0.25, -0.2) is 9.78 Å². The molecule has 3 aromatic rings. The quantitative estimate of drug-likeness (QED) is 0.102. The average Bonchev–Trinajstić information content (AvgIpc) is 3.46. The molecule has 1 aromatic heterocycles. The lowest BCUT2D eigenvalue weighted by Crippen LogP contribution is -2.29. The molecule has 1 aliphatic heterocycles. The fourth-order valence-corrected chi connectivity index (χ4v) is 5.32. The number of hydrogen-bond acceptors (Lipinski definition) is 9. The summed E-state index contributed by atoms with van der Waals surface area (Å²) in [6, 6.07) is 12.7. The molecule has 0 aliphatic carbocycles. The number of aromatic nitrogens is 1. The normalized spacial score (nSPS) is 16.3. The van der Waals surface area contributed by atoms with E-state index in [1.807, 2.05) is 6.92 Å². The Bertz CT molecular complexity index is 1410. The van der Waals surface area contributed by atoms with E-state index in [4.69, 9.17) is 14.2 Å². The molecule has 0 bridgehead atoms. The first kappa shape index (κ1) is 28.8. The molecule has 1 saturated heterocycles. The van der Waals surface area contributed by atoms with Gasteiger partial charge < -0.3 is 19.3 Å². The maximum atomic E-state index is 13.5. The fraction of sp³-hybridized carbons (Fsp3) is 0.333. The highest BCUT2D eigenvalue weighted by atomic mass is 32.1. The summed E-state index contributed by atoms with van der Waals surface area (Å²) in [6.07, 6.45) is 1.92. The van der Waals surface area contributed by atoms with E-state index in [1.54, 1.807) is 62.4 Å². The van der Waals surface area contributed by atoms with E-state index in [0.717, 1.165) is 24.2 Å². The second-order valence-electron chi connectivity index (χ2n) is 9.03. The first-order valence-electron chi connectivity index (χ1n) is 13.2. The Kier molecular flexibility index (Phi) is 9.21.